The molecule has 1 aliphatic rings. The molecule has 4 heteroatoms. The van der Waals surface area contributed by atoms with E-state index in [0.29, 0.717) is 0 Å². The van der Waals surface area contributed by atoms with Crippen LogP contribution in [0.4, 0.5) is 5.69 Å². The second kappa shape index (κ2) is 6.86. The molecule has 1 aromatic carbocycles. The molecule has 0 radical (unpaired) electrons. The molecule has 3 N–H and O–H groups in total. The van der Waals surface area contributed by atoms with Crippen LogP contribution in [-0.2, 0) is 11.3 Å². The molecule has 0 aromatic heterocycles. The monoisotopic (exact) mass is 275 g/mol. The molecule has 1 fully saturated rings. The maximum Gasteiger partial charge on any atom is 0.241 e. The average molecular weight is 275 g/mol. The Kier molecular flexibility index (Phi) is 5.15. The summed E-state index contributed by atoms with van der Waals surface area (Å²) in [5, 5.41) is 2.87. The van der Waals surface area contributed by atoms with Crippen LogP contribution in [-0.4, -0.2) is 29.9 Å². The summed E-state index contributed by atoms with van der Waals surface area (Å²) < 4.78 is 0. The van der Waals surface area contributed by atoms with Crippen LogP contribution in [0.2, 0.25) is 0 Å². The third-order valence-corrected chi connectivity index (χ3v) is 3.85. The Balaban J connectivity index is 1.89. The van der Waals surface area contributed by atoms with Crippen molar-refractivity contribution in [2.45, 2.75) is 39.3 Å². The zero-order chi connectivity index (χ0) is 14.5. The molecule has 1 amide bonds. The standard InChI is InChI=1S/C16H25N3O/c1-12(2)15(17)16(20)18-14-7-5-13(6-8-14)11-19-9-3-4-10-19/h5-8,12,15H,3-4,9-11,17H2,1-2H3,(H,18,20). The van der Waals surface area contributed by atoms with Gasteiger partial charge in [-0.15, -0.1) is 0 Å². The van der Waals surface area contributed by atoms with E-state index in [-0.39, 0.29) is 11.8 Å². The van der Waals surface area contributed by atoms with Crippen LogP contribution in [0.15, 0.2) is 24.3 Å². The van der Waals surface area contributed by atoms with Gasteiger partial charge in [0.25, 0.3) is 0 Å². The van der Waals surface area contributed by atoms with Crippen molar-refractivity contribution in [1.29, 1.82) is 0 Å². The van der Waals surface area contributed by atoms with Gasteiger partial charge in [0.1, 0.15) is 0 Å². The SMILES string of the molecule is CC(C)C(N)C(=O)Nc1ccc(CN2CCCC2)cc1. The number of nitrogens with one attached hydrogen (secondary N) is 1. The molecular formula is C16H25N3O. The quantitative estimate of drug-likeness (QED) is 0.866. The van der Waals surface area contributed by atoms with Crippen molar-refractivity contribution in [3.05, 3.63) is 29.8 Å². The Labute approximate surface area is 121 Å². The van der Waals surface area contributed by atoms with Crippen molar-refractivity contribution in [3.63, 3.8) is 0 Å². The van der Waals surface area contributed by atoms with Crippen LogP contribution in [0.25, 0.3) is 0 Å². The average Bonchev–Trinajstić information content (AvgIpc) is 2.92. The molecule has 0 aliphatic carbocycles. The molecule has 0 spiro atoms. The van der Waals surface area contributed by atoms with Gasteiger partial charge < -0.3 is 11.1 Å². The van der Waals surface area contributed by atoms with Gasteiger partial charge >= 0.3 is 0 Å². The van der Waals surface area contributed by atoms with Gasteiger partial charge in [0.15, 0.2) is 0 Å². The Morgan fingerprint density at radius 3 is 2.40 bits per heavy atom. The fraction of sp³-hybridized carbons (Fsp3) is 0.562. The van der Waals surface area contributed by atoms with Crippen molar-refractivity contribution < 1.29 is 4.79 Å². The number of amides is 1. The summed E-state index contributed by atoms with van der Waals surface area (Å²) in [4.78, 5) is 14.3. The molecule has 1 aliphatic heterocycles. The molecule has 0 saturated carbocycles. The van der Waals surface area contributed by atoms with Gasteiger partial charge in [-0.1, -0.05) is 26.0 Å². The van der Waals surface area contributed by atoms with Gasteiger partial charge in [-0.05, 0) is 49.5 Å². The van der Waals surface area contributed by atoms with Gasteiger partial charge in [0.2, 0.25) is 5.91 Å². The molecule has 1 atom stereocenters. The number of nitrogens with two attached hydrogens (primary N) is 1. The molecule has 20 heavy (non-hydrogen) atoms. The van der Waals surface area contributed by atoms with E-state index in [1.165, 1.54) is 31.5 Å². The van der Waals surface area contributed by atoms with Crippen molar-refractivity contribution in [2.75, 3.05) is 18.4 Å². The van der Waals surface area contributed by atoms with Crippen molar-refractivity contribution in [3.8, 4) is 0 Å². The fourth-order valence-corrected chi connectivity index (χ4v) is 2.42. The van der Waals surface area contributed by atoms with E-state index >= 15 is 0 Å². The number of rotatable bonds is 5. The summed E-state index contributed by atoms with van der Waals surface area (Å²) >= 11 is 0. The van der Waals surface area contributed by atoms with Crippen molar-refractivity contribution >= 4 is 11.6 Å². The second-order valence-corrected chi connectivity index (χ2v) is 5.94. The van der Waals surface area contributed by atoms with Gasteiger partial charge in [0, 0.05) is 12.2 Å². The Morgan fingerprint density at radius 1 is 1.25 bits per heavy atom. The van der Waals surface area contributed by atoms with Crippen LogP contribution in [0.3, 0.4) is 0 Å². The summed E-state index contributed by atoms with van der Waals surface area (Å²) in [6.07, 6.45) is 2.61. The van der Waals surface area contributed by atoms with E-state index in [1.54, 1.807) is 0 Å². The van der Waals surface area contributed by atoms with Crippen LogP contribution < -0.4 is 11.1 Å². The third kappa shape index (κ3) is 4.05. The lowest BCUT2D eigenvalue weighted by molar-refractivity contribution is -0.118. The number of hydrogen-bond donors (Lipinski definition) is 2. The van der Waals surface area contributed by atoms with Gasteiger partial charge in [-0.3, -0.25) is 9.69 Å². The lowest BCUT2D eigenvalue weighted by Gasteiger charge is -2.16. The summed E-state index contributed by atoms with van der Waals surface area (Å²) in [5.74, 6) is 0.0248. The smallest absolute Gasteiger partial charge is 0.241 e. The highest BCUT2D eigenvalue weighted by atomic mass is 16.2. The summed E-state index contributed by atoms with van der Waals surface area (Å²) in [6.45, 7) is 7.29. The molecule has 1 unspecified atom stereocenters. The molecule has 0 bridgehead atoms. The molecule has 4 nitrogen and oxygen atoms in total. The molecular weight excluding hydrogens is 250 g/mol. The lowest BCUT2D eigenvalue weighted by atomic mass is 10.0. The van der Waals surface area contributed by atoms with Crippen LogP contribution in [0.5, 0.6) is 0 Å². The molecule has 1 aromatic rings. The third-order valence-electron chi connectivity index (χ3n) is 3.85. The van der Waals surface area contributed by atoms with Gasteiger partial charge in [-0.25, -0.2) is 0 Å². The summed E-state index contributed by atoms with van der Waals surface area (Å²) in [5.41, 5.74) is 7.93. The van der Waals surface area contributed by atoms with Gasteiger partial charge in [0.05, 0.1) is 6.04 Å². The first kappa shape index (κ1) is 15.0. The van der Waals surface area contributed by atoms with E-state index in [4.69, 9.17) is 5.73 Å². The lowest BCUT2D eigenvalue weighted by Crippen LogP contribution is -2.39. The van der Waals surface area contributed by atoms with Crippen molar-refractivity contribution in [1.82, 2.24) is 4.90 Å². The minimum atomic E-state index is -0.459. The number of benzene rings is 1. The largest absolute Gasteiger partial charge is 0.325 e. The Hall–Kier alpha value is -1.39. The van der Waals surface area contributed by atoms with E-state index in [2.05, 4.69) is 22.3 Å². The normalized spacial score (nSPS) is 17.4. The van der Waals surface area contributed by atoms with E-state index in [0.717, 1.165) is 12.2 Å². The molecule has 1 saturated heterocycles. The van der Waals surface area contributed by atoms with Crippen LogP contribution in [0.1, 0.15) is 32.3 Å². The minimum absolute atomic E-state index is 0.118. The Morgan fingerprint density at radius 2 is 1.85 bits per heavy atom. The first-order valence-electron chi connectivity index (χ1n) is 7.44. The highest BCUT2D eigenvalue weighted by molar-refractivity contribution is 5.94. The number of anilines is 1. The number of nitrogens with zero attached hydrogens (tertiary/aromatic N) is 1. The van der Waals surface area contributed by atoms with E-state index in [1.807, 2.05) is 26.0 Å². The highest BCUT2D eigenvalue weighted by Gasteiger charge is 2.17. The molecule has 110 valence electrons. The topological polar surface area (TPSA) is 58.4 Å². The van der Waals surface area contributed by atoms with Gasteiger partial charge in [-0.2, -0.15) is 0 Å². The minimum Gasteiger partial charge on any atom is -0.325 e. The fourth-order valence-electron chi connectivity index (χ4n) is 2.42. The number of carbonyl (C=O) groups excluding carboxylic acids is 1. The molecule has 2 rings (SSSR count). The van der Waals surface area contributed by atoms with E-state index in [9.17, 15) is 4.79 Å². The first-order chi connectivity index (χ1) is 9.56. The maximum atomic E-state index is 11.9. The first-order valence-corrected chi connectivity index (χ1v) is 7.44. The van der Waals surface area contributed by atoms with Crippen LogP contribution in [0, 0.1) is 5.92 Å². The predicted molar refractivity (Wildman–Crippen MR) is 82.4 cm³/mol. The van der Waals surface area contributed by atoms with E-state index < -0.39 is 6.04 Å². The zero-order valence-electron chi connectivity index (χ0n) is 12.4. The Bertz CT molecular complexity index is 436. The number of likely N-dealkylation sites (tertiary alicyclic amines) is 1. The second-order valence-electron chi connectivity index (χ2n) is 5.94. The maximum absolute atomic E-state index is 11.9. The highest BCUT2D eigenvalue weighted by Crippen LogP contribution is 2.15. The summed E-state index contributed by atoms with van der Waals surface area (Å²) in [6, 6.07) is 7.61. The predicted octanol–water partition coefficient (Wildman–Crippen LogP) is 2.20. The number of carbonyl (C=O) groups is 1. The van der Waals surface area contributed by atoms with Crippen LogP contribution >= 0.6 is 0 Å². The zero-order valence-corrected chi connectivity index (χ0v) is 12.4. The molecule has 1 heterocycles. The van der Waals surface area contributed by atoms with Crippen molar-refractivity contribution in [2.24, 2.45) is 11.7 Å². The summed E-state index contributed by atoms with van der Waals surface area (Å²) in [7, 11) is 0. The number of hydrogen-bond acceptors (Lipinski definition) is 3.